The average Bonchev–Trinajstić information content (AvgIpc) is 3.08. The molecule has 100 valence electrons. The Labute approximate surface area is 107 Å². The van der Waals surface area contributed by atoms with Crippen molar-refractivity contribution in [1.29, 1.82) is 0 Å². The molecule has 1 heterocycles. The van der Waals surface area contributed by atoms with E-state index < -0.39 is 0 Å². The number of likely N-dealkylation sites (N-methyl/N-ethyl adjacent to an activating group) is 1. The molecule has 0 bridgehead atoms. The average molecular weight is 252 g/mol. The van der Waals surface area contributed by atoms with E-state index in [-0.39, 0.29) is 12.5 Å². The van der Waals surface area contributed by atoms with Crippen LogP contribution in [0.1, 0.15) is 12.8 Å². The molecule has 2 N–H and O–H groups in total. The first kappa shape index (κ1) is 12.9. The van der Waals surface area contributed by atoms with Gasteiger partial charge >= 0.3 is 0 Å². The molecule has 6 heteroatoms. The van der Waals surface area contributed by atoms with Gasteiger partial charge in [-0.05, 0) is 18.8 Å². The first-order valence-electron chi connectivity index (χ1n) is 6.25. The predicted molar refractivity (Wildman–Crippen MR) is 67.8 cm³/mol. The summed E-state index contributed by atoms with van der Waals surface area (Å²) in [4.78, 5) is 13.5. The van der Waals surface area contributed by atoms with Crippen molar-refractivity contribution in [3.8, 4) is 0 Å². The van der Waals surface area contributed by atoms with Crippen LogP contribution >= 0.6 is 0 Å². The second-order valence-electron chi connectivity index (χ2n) is 4.80. The zero-order valence-electron chi connectivity index (χ0n) is 10.7. The molecule has 1 saturated carbocycles. The number of hydrogen-bond donors (Lipinski definition) is 1. The fraction of sp³-hybridized carbons (Fsp3) is 0.667. The van der Waals surface area contributed by atoms with E-state index in [1.54, 1.807) is 22.8 Å². The van der Waals surface area contributed by atoms with Crippen molar-refractivity contribution >= 4 is 11.6 Å². The molecular weight excluding hydrogens is 232 g/mol. The molecule has 0 aromatic carbocycles. The Morgan fingerprint density at radius 3 is 3.06 bits per heavy atom. The zero-order chi connectivity index (χ0) is 13.0. The van der Waals surface area contributed by atoms with Crippen LogP contribution in [0.3, 0.4) is 0 Å². The fourth-order valence-corrected chi connectivity index (χ4v) is 1.59. The summed E-state index contributed by atoms with van der Waals surface area (Å²) in [6.45, 7) is 2.26. The molecule has 1 aliphatic carbocycles. The van der Waals surface area contributed by atoms with Gasteiger partial charge in [0.05, 0.1) is 18.5 Å². The van der Waals surface area contributed by atoms with Crippen molar-refractivity contribution in [3.05, 3.63) is 12.4 Å². The van der Waals surface area contributed by atoms with Gasteiger partial charge in [-0.2, -0.15) is 5.10 Å². The van der Waals surface area contributed by atoms with Crippen molar-refractivity contribution in [3.63, 3.8) is 0 Å². The summed E-state index contributed by atoms with van der Waals surface area (Å²) in [6.07, 6.45) is 5.76. The van der Waals surface area contributed by atoms with Crippen LogP contribution in [0.4, 0.5) is 5.69 Å². The number of nitrogens with two attached hydrogens (primary N) is 1. The van der Waals surface area contributed by atoms with Gasteiger partial charge < -0.3 is 15.4 Å². The minimum atomic E-state index is 0.00752. The van der Waals surface area contributed by atoms with Gasteiger partial charge in [0, 0.05) is 26.4 Å². The van der Waals surface area contributed by atoms with E-state index in [0.29, 0.717) is 18.8 Å². The Bertz CT molecular complexity index is 401. The minimum Gasteiger partial charge on any atom is -0.396 e. The lowest BCUT2D eigenvalue weighted by Crippen LogP contribution is -2.33. The van der Waals surface area contributed by atoms with E-state index in [0.717, 1.165) is 12.5 Å². The summed E-state index contributed by atoms with van der Waals surface area (Å²) >= 11 is 0. The molecule has 6 nitrogen and oxygen atoms in total. The van der Waals surface area contributed by atoms with Crippen LogP contribution in [0.2, 0.25) is 0 Å². The predicted octanol–water partition coefficient (Wildman–Crippen LogP) is 0.350. The van der Waals surface area contributed by atoms with Crippen LogP contribution in [0.5, 0.6) is 0 Å². The Morgan fingerprint density at radius 2 is 2.44 bits per heavy atom. The van der Waals surface area contributed by atoms with Gasteiger partial charge in [-0.15, -0.1) is 0 Å². The van der Waals surface area contributed by atoms with Gasteiger partial charge in [0.1, 0.15) is 6.54 Å². The second kappa shape index (κ2) is 5.86. The van der Waals surface area contributed by atoms with Crippen LogP contribution in [0, 0.1) is 5.92 Å². The van der Waals surface area contributed by atoms with Gasteiger partial charge in [-0.1, -0.05) is 0 Å². The smallest absolute Gasteiger partial charge is 0.244 e. The molecule has 1 aromatic rings. The topological polar surface area (TPSA) is 73.4 Å². The van der Waals surface area contributed by atoms with Crippen molar-refractivity contribution in [2.45, 2.75) is 19.4 Å². The monoisotopic (exact) mass is 252 g/mol. The Balaban J connectivity index is 1.64. The van der Waals surface area contributed by atoms with Crippen LogP contribution in [0.15, 0.2) is 12.4 Å². The van der Waals surface area contributed by atoms with Gasteiger partial charge in [-0.3, -0.25) is 9.48 Å². The normalized spacial score (nSPS) is 14.7. The molecule has 2 rings (SSSR count). The van der Waals surface area contributed by atoms with Crippen LogP contribution in [-0.4, -0.2) is 47.4 Å². The lowest BCUT2D eigenvalue weighted by Gasteiger charge is -2.17. The molecule has 1 aromatic heterocycles. The molecule has 0 radical (unpaired) electrons. The lowest BCUT2D eigenvalue weighted by molar-refractivity contribution is -0.131. The Hall–Kier alpha value is -1.56. The molecule has 0 saturated heterocycles. The second-order valence-corrected chi connectivity index (χ2v) is 4.80. The van der Waals surface area contributed by atoms with Crippen molar-refractivity contribution < 1.29 is 9.53 Å². The van der Waals surface area contributed by atoms with E-state index in [1.807, 2.05) is 0 Å². The Kier molecular flexibility index (Phi) is 4.19. The third kappa shape index (κ3) is 4.03. The maximum absolute atomic E-state index is 11.8. The van der Waals surface area contributed by atoms with E-state index in [4.69, 9.17) is 10.5 Å². The summed E-state index contributed by atoms with van der Waals surface area (Å²) in [5.41, 5.74) is 6.10. The molecule has 0 spiro atoms. The summed E-state index contributed by atoms with van der Waals surface area (Å²) in [6, 6.07) is 0. The van der Waals surface area contributed by atoms with Crippen molar-refractivity contribution in [1.82, 2.24) is 14.7 Å². The third-order valence-corrected chi connectivity index (χ3v) is 3.00. The van der Waals surface area contributed by atoms with Crippen LogP contribution < -0.4 is 5.73 Å². The fourth-order valence-electron chi connectivity index (χ4n) is 1.59. The number of carbonyl (C=O) groups excluding carboxylic acids is 1. The number of aromatic nitrogens is 2. The molecule has 18 heavy (non-hydrogen) atoms. The van der Waals surface area contributed by atoms with Gasteiger partial charge in [0.15, 0.2) is 0 Å². The highest BCUT2D eigenvalue weighted by molar-refractivity contribution is 5.75. The molecule has 0 aliphatic heterocycles. The first-order chi connectivity index (χ1) is 8.65. The van der Waals surface area contributed by atoms with Crippen molar-refractivity contribution in [2.24, 2.45) is 5.92 Å². The minimum absolute atomic E-state index is 0.00752. The van der Waals surface area contributed by atoms with E-state index in [2.05, 4.69) is 5.10 Å². The summed E-state index contributed by atoms with van der Waals surface area (Å²) in [5, 5.41) is 3.98. The van der Waals surface area contributed by atoms with E-state index >= 15 is 0 Å². The number of nitrogens with zero attached hydrogens (tertiary/aromatic N) is 3. The molecular formula is C12H20N4O2. The van der Waals surface area contributed by atoms with E-state index in [1.165, 1.54) is 19.0 Å². The van der Waals surface area contributed by atoms with Gasteiger partial charge in [0.2, 0.25) is 5.91 Å². The molecule has 1 aliphatic rings. The summed E-state index contributed by atoms with van der Waals surface area (Å²) < 4.78 is 7.04. The molecule has 1 fully saturated rings. The largest absolute Gasteiger partial charge is 0.396 e. The molecule has 0 unspecified atom stereocenters. The van der Waals surface area contributed by atoms with E-state index in [9.17, 15) is 4.79 Å². The highest BCUT2D eigenvalue weighted by atomic mass is 16.5. The van der Waals surface area contributed by atoms with Crippen LogP contribution in [-0.2, 0) is 16.1 Å². The standard InChI is InChI=1S/C12H20N4O2/c1-15(4-5-18-9-10-2-3-10)12(17)8-16-7-11(13)6-14-16/h6-7,10H,2-5,8-9,13H2,1H3. The number of hydrogen-bond acceptors (Lipinski definition) is 4. The number of rotatable bonds is 7. The number of carbonyl (C=O) groups is 1. The molecule has 1 amide bonds. The first-order valence-corrected chi connectivity index (χ1v) is 6.25. The number of nitrogen functional groups attached to an aromatic ring is 1. The third-order valence-electron chi connectivity index (χ3n) is 3.00. The lowest BCUT2D eigenvalue weighted by atomic mass is 10.4. The summed E-state index contributed by atoms with van der Waals surface area (Å²) in [7, 11) is 1.77. The number of anilines is 1. The van der Waals surface area contributed by atoms with Gasteiger partial charge in [-0.25, -0.2) is 0 Å². The zero-order valence-corrected chi connectivity index (χ0v) is 10.7. The molecule has 0 atom stereocenters. The Morgan fingerprint density at radius 1 is 1.67 bits per heavy atom. The highest BCUT2D eigenvalue weighted by Gasteiger charge is 2.21. The summed E-state index contributed by atoms with van der Waals surface area (Å²) in [5.74, 6) is 0.770. The van der Waals surface area contributed by atoms with Crippen LogP contribution in [0.25, 0.3) is 0 Å². The quantitative estimate of drug-likeness (QED) is 0.711. The van der Waals surface area contributed by atoms with Crippen molar-refractivity contribution in [2.75, 3.05) is 32.5 Å². The van der Waals surface area contributed by atoms with Gasteiger partial charge in [0.25, 0.3) is 0 Å². The maximum Gasteiger partial charge on any atom is 0.244 e. The maximum atomic E-state index is 11.8. The SMILES string of the molecule is CN(CCOCC1CC1)C(=O)Cn1cc(N)cn1. The number of amides is 1. The highest BCUT2D eigenvalue weighted by Crippen LogP contribution is 2.28. The number of ether oxygens (including phenoxy) is 1.